The van der Waals surface area contributed by atoms with Crippen molar-refractivity contribution in [3.05, 3.63) is 11.6 Å². The molecule has 1 aliphatic heterocycles. The van der Waals surface area contributed by atoms with Gasteiger partial charge in [-0.15, -0.1) is 0 Å². The monoisotopic (exact) mass is 330 g/mol. The molecule has 0 amide bonds. The Balaban J connectivity index is 1.92. The minimum Gasteiger partial charge on any atom is -0.387 e. The van der Waals surface area contributed by atoms with Crippen molar-refractivity contribution in [1.82, 2.24) is 0 Å². The van der Waals surface area contributed by atoms with Gasteiger partial charge in [-0.25, -0.2) is 0 Å². The summed E-state index contributed by atoms with van der Waals surface area (Å²) in [6, 6.07) is 0. The Morgan fingerprint density at radius 1 is 1.17 bits per heavy atom. The number of ketones is 1. The van der Waals surface area contributed by atoms with Crippen molar-refractivity contribution in [2.45, 2.75) is 57.9 Å². The Labute approximate surface area is 135 Å². The lowest BCUT2D eigenvalue weighted by Crippen LogP contribution is -2.58. The fourth-order valence-corrected chi connectivity index (χ4v) is 3.32. The summed E-state index contributed by atoms with van der Waals surface area (Å²) in [6.07, 6.45) is -4.79. The van der Waals surface area contributed by atoms with Gasteiger partial charge in [-0.3, -0.25) is 4.79 Å². The lowest BCUT2D eigenvalue weighted by atomic mass is 9.69. The molecular weight excluding hydrogens is 304 g/mol. The molecule has 6 atom stereocenters. The van der Waals surface area contributed by atoms with Crippen LogP contribution in [-0.2, 0) is 14.3 Å². The molecule has 23 heavy (non-hydrogen) atoms. The molecule has 0 aromatic rings. The molecule has 0 saturated carbocycles. The highest BCUT2D eigenvalue weighted by atomic mass is 16.6. The normalized spacial score (nSPS) is 40.8. The van der Waals surface area contributed by atoms with Gasteiger partial charge in [-0.1, -0.05) is 19.4 Å². The minimum absolute atomic E-state index is 0.0319. The number of hydrogen-bond donors (Lipinski definition) is 4. The number of ether oxygens (including phenoxy) is 2. The van der Waals surface area contributed by atoms with Gasteiger partial charge >= 0.3 is 0 Å². The summed E-state index contributed by atoms with van der Waals surface area (Å²) in [4.78, 5) is 11.7. The van der Waals surface area contributed by atoms with Crippen LogP contribution in [0.2, 0.25) is 0 Å². The Morgan fingerprint density at radius 2 is 1.83 bits per heavy atom. The van der Waals surface area contributed by atoms with Crippen LogP contribution in [-0.4, -0.2) is 70.1 Å². The summed E-state index contributed by atoms with van der Waals surface area (Å²) in [6.45, 7) is 6.21. The second-order valence-corrected chi connectivity index (χ2v) is 7.15. The van der Waals surface area contributed by atoms with Gasteiger partial charge in [0.1, 0.15) is 24.4 Å². The first-order valence-electron chi connectivity index (χ1n) is 7.80. The zero-order valence-electron chi connectivity index (χ0n) is 13.7. The average Bonchev–Trinajstić information content (AvgIpc) is 2.43. The van der Waals surface area contributed by atoms with Crippen LogP contribution >= 0.6 is 0 Å². The quantitative estimate of drug-likeness (QED) is 0.542. The molecule has 1 fully saturated rings. The smallest absolute Gasteiger partial charge is 0.184 e. The molecule has 2 aliphatic rings. The van der Waals surface area contributed by atoms with Crippen LogP contribution in [0.4, 0.5) is 0 Å². The molecule has 7 heteroatoms. The summed E-state index contributed by atoms with van der Waals surface area (Å²) < 4.78 is 10.7. The number of aliphatic hydroxyl groups excluding tert-OH is 4. The Bertz CT molecular complexity index is 473. The van der Waals surface area contributed by atoms with E-state index in [1.165, 1.54) is 0 Å². The Kier molecular flexibility index (Phi) is 5.60. The summed E-state index contributed by atoms with van der Waals surface area (Å²) in [5.74, 6) is 0.163. The van der Waals surface area contributed by atoms with Gasteiger partial charge < -0.3 is 29.9 Å². The number of hydrogen-bond acceptors (Lipinski definition) is 7. The topological polar surface area (TPSA) is 116 Å². The van der Waals surface area contributed by atoms with Crippen LogP contribution in [0.15, 0.2) is 11.6 Å². The van der Waals surface area contributed by atoms with Crippen molar-refractivity contribution >= 4 is 5.78 Å². The van der Waals surface area contributed by atoms with Crippen LogP contribution in [0, 0.1) is 11.3 Å². The summed E-state index contributed by atoms with van der Waals surface area (Å²) in [5, 5.41) is 38.4. The van der Waals surface area contributed by atoms with Gasteiger partial charge in [0.2, 0.25) is 0 Å². The molecule has 0 radical (unpaired) electrons. The van der Waals surface area contributed by atoms with E-state index in [0.29, 0.717) is 13.0 Å². The molecule has 2 rings (SSSR count). The predicted octanol–water partition coefficient (Wildman–Crippen LogP) is -0.636. The van der Waals surface area contributed by atoms with Gasteiger partial charge in [0.15, 0.2) is 12.1 Å². The lowest BCUT2D eigenvalue weighted by molar-refractivity contribution is -0.289. The number of allylic oxidation sites excluding steroid dienone is 1. The zero-order chi connectivity index (χ0) is 17.4. The molecule has 7 nitrogen and oxygen atoms in total. The first-order chi connectivity index (χ1) is 10.6. The first-order valence-corrected chi connectivity index (χ1v) is 7.80. The second kappa shape index (κ2) is 6.96. The minimum atomic E-state index is -1.56. The van der Waals surface area contributed by atoms with Gasteiger partial charge in [0, 0.05) is 12.3 Å². The Hall–Kier alpha value is -0.830. The van der Waals surface area contributed by atoms with E-state index in [2.05, 4.69) is 0 Å². The third-order valence-corrected chi connectivity index (χ3v) is 4.77. The predicted molar refractivity (Wildman–Crippen MR) is 80.4 cm³/mol. The van der Waals surface area contributed by atoms with Crippen molar-refractivity contribution < 1.29 is 34.7 Å². The van der Waals surface area contributed by atoms with E-state index < -0.39 is 30.7 Å². The maximum atomic E-state index is 11.7. The van der Waals surface area contributed by atoms with Gasteiger partial charge in [-0.05, 0) is 18.4 Å². The van der Waals surface area contributed by atoms with Crippen molar-refractivity contribution in [2.75, 3.05) is 13.2 Å². The van der Waals surface area contributed by atoms with E-state index in [0.717, 1.165) is 5.57 Å². The fourth-order valence-electron chi connectivity index (χ4n) is 3.32. The van der Waals surface area contributed by atoms with Gasteiger partial charge in [-0.2, -0.15) is 0 Å². The van der Waals surface area contributed by atoms with Crippen LogP contribution in [0.5, 0.6) is 0 Å². The number of rotatable bonds is 4. The van der Waals surface area contributed by atoms with Gasteiger partial charge in [0.25, 0.3) is 0 Å². The third-order valence-electron chi connectivity index (χ3n) is 4.77. The summed E-state index contributed by atoms with van der Waals surface area (Å²) >= 11 is 0. The second-order valence-electron chi connectivity index (χ2n) is 7.15. The molecule has 1 aliphatic carbocycles. The van der Waals surface area contributed by atoms with Crippen molar-refractivity contribution in [3.63, 3.8) is 0 Å². The van der Waals surface area contributed by atoms with Crippen molar-refractivity contribution in [1.29, 1.82) is 0 Å². The molecule has 1 saturated heterocycles. The highest BCUT2D eigenvalue weighted by Crippen LogP contribution is 2.39. The SMILES string of the molecule is CC1=CC(=O)CC(C)(C)[C@@H]1COC[C@H]1O[C@@H](O)[C@H](O)[C@@H](O)[C@@H]1O. The highest BCUT2D eigenvalue weighted by Gasteiger charge is 2.43. The molecule has 132 valence electrons. The summed E-state index contributed by atoms with van der Waals surface area (Å²) in [5.41, 5.74) is 0.726. The molecule has 0 bridgehead atoms. The van der Waals surface area contributed by atoms with Gasteiger partial charge in [0.05, 0.1) is 13.2 Å². The Morgan fingerprint density at radius 3 is 2.43 bits per heavy atom. The van der Waals surface area contributed by atoms with E-state index in [1.54, 1.807) is 6.08 Å². The molecular formula is C16H26O7. The molecule has 1 heterocycles. The van der Waals surface area contributed by atoms with Crippen LogP contribution in [0.3, 0.4) is 0 Å². The standard InChI is InChI=1S/C16H26O7/c1-8-4-9(17)5-16(2,3)10(8)6-22-7-11-12(18)13(19)14(20)15(21)23-11/h4,10-15,18-21H,5-7H2,1-3H3/t10-,11-,12-,13+,14-,15-/m1/s1. The van der Waals surface area contributed by atoms with E-state index >= 15 is 0 Å². The average molecular weight is 330 g/mol. The third kappa shape index (κ3) is 3.99. The highest BCUT2D eigenvalue weighted by molar-refractivity contribution is 5.91. The van der Waals surface area contributed by atoms with Crippen LogP contribution in [0.25, 0.3) is 0 Å². The zero-order valence-corrected chi connectivity index (χ0v) is 13.7. The molecule has 0 spiro atoms. The number of carbonyl (C=O) groups excluding carboxylic acids is 1. The largest absolute Gasteiger partial charge is 0.387 e. The lowest BCUT2D eigenvalue weighted by Gasteiger charge is -2.40. The molecule has 0 unspecified atom stereocenters. The molecule has 0 aromatic heterocycles. The maximum absolute atomic E-state index is 11.7. The van der Waals surface area contributed by atoms with Crippen molar-refractivity contribution in [3.8, 4) is 0 Å². The fraction of sp³-hybridized carbons (Fsp3) is 0.812. The van der Waals surface area contributed by atoms with Crippen LogP contribution < -0.4 is 0 Å². The maximum Gasteiger partial charge on any atom is 0.184 e. The van der Waals surface area contributed by atoms with E-state index in [-0.39, 0.29) is 23.7 Å². The van der Waals surface area contributed by atoms with E-state index in [1.807, 2.05) is 20.8 Å². The van der Waals surface area contributed by atoms with Crippen LogP contribution in [0.1, 0.15) is 27.2 Å². The first kappa shape index (κ1) is 18.5. The number of carbonyl (C=O) groups is 1. The molecule has 0 aromatic carbocycles. The summed E-state index contributed by atoms with van der Waals surface area (Å²) in [7, 11) is 0. The number of aliphatic hydroxyl groups is 4. The molecule has 4 N–H and O–H groups in total. The van der Waals surface area contributed by atoms with Crippen molar-refractivity contribution in [2.24, 2.45) is 11.3 Å². The van der Waals surface area contributed by atoms with E-state index in [9.17, 15) is 25.2 Å². The van der Waals surface area contributed by atoms with E-state index in [4.69, 9.17) is 9.47 Å².